The molecule has 0 fully saturated rings. The lowest BCUT2D eigenvalue weighted by molar-refractivity contribution is -0.387. The standard InChI is InChI=1S/C21H16N4O3S/c22-21(26)14-8-9-16-18(11-14)24(12-15-5-3-4-10-23-15)13-20(16)29-19-7-2-1-6-17(19)25(27)28/h1-11,13H,12H2,(H2,22,26). The predicted molar refractivity (Wildman–Crippen MR) is 111 cm³/mol. The maximum Gasteiger partial charge on any atom is 0.283 e. The SMILES string of the molecule is NC(=O)c1ccc2c(Sc3ccccc3[N+](=O)[O-])cn(Cc3ccccn3)c2c1. The largest absolute Gasteiger partial charge is 0.366 e. The molecule has 8 heteroatoms. The molecule has 4 aromatic rings. The van der Waals surface area contributed by atoms with Crippen LogP contribution in [0.2, 0.25) is 0 Å². The molecule has 0 unspecified atom stereocenters. The van der Waals surface area contributed by atoms with Gasteiger partial charge in [0.1, 0.15) is 0 Å². The highest BCUT2D eigenvalue weighted by atomic mass is 32.2. The second kappa shape index (κ2) is 7.76. The summed E-state index contributed by atoms with van der Waals surface area (Å²) in [7, 11) is 0. The lowest BCUT2D eigenvalue weighted by atomic mass is 10.1. The molecule has 0 spiro atoms. The summed E-state index contributed by atoms with van der Waals surface area (Å²) in [6.07, 6.45) is 3.64. The Morgan fingerprint density at radius 2 is 1.90 bits per heavy atom. The van der Waals surface area contributed by atoms with Gasteiger partial charge in [-0.25, -0.2) is 0 Å². The lowest BCUT2D eigenvalue weighted by Gasteiger charge is -2.05. The zero-order valence-electron chi connectivity index (χ0n) is 15.2. The molecule has 144 valence electrons. The summed E-state index contributed by atoms with van der Waals surface area (Å²) in [6.45, 7) is 0.497. The number of nitro groups is 1. The van der Waals surface area contributed by atoms with Gasteiger partial charge in [0.05, 0.1) is 27.6 Å². The van der Waals surface area contributed by atoms with Crippen LogP contribution >= 0.6 is 11.8 Å². The molecule has 29 heavy (non-hydrogen) atoms. The quantitative estimate of drug-likeness (QED) is 0.382. The molecule has 0 atom stereocenters. The summed E-state index contributed by atoms with van der Waals surface area (Å²) in [5.74, 6) is -0.509. The molecule has 0 saturated heterocycles. The number of primary amides is 1. The fraction of sp³-hybridized carbons (Fsp3) is 0.0476. The first-order valence-electron chi connectivity index (χ1n) is 8.77. The molecule has 0 aliphatic carbocycles. The van der Waals surface area contributed by atoms with Crippen LogP contribution in [0, 0.1) is 10.1 Å². The molecule has 2 N–H and O–H groups in total. The monoisotopic (exact) mass is 404 g/mol. The molecule has 0 aliphatic heterocycles. The van der Waals surface area contributed by atoms with Crippen molar-refractivity contribution in [3.8, 4) is 0 Å². The van der Waals surface area contributed by atoms with Gasteiger partial charge in [-0.2, -0.15) is 0 Å². The van der Waals surface area contributed by atoms with Gasteiger partial charge in [0.2, 0.25) is 5.91 Å². The van der Waals surface area contributed by atoms with E-state index in [2.05, 4.69) is 4.98 Å². The van der Waals surface area contributed by atoms with Crippen LogP contribution in [0.25, 0.3) is 10.9 Å². The molecule has 0 saturated carbocycles. The zero-order valence-corrected chi connectivity index (χ0v) is 16.0. The Bertz CT molecular complexity index is 1220. The van der Waals surface area contributed by atoms with Gasteiger partial charge in [-0.05, 0) is 30.3 Å². The van der Waals surface area contributed by atoms with Gasteiger partial charge < -0.3 is 10.3 Å². The van der Waals surface area contributed by atoms with Crippen LogP contribution in [-0.4, -0.2) is 20.4 Å². The van der Waals surface area contributed by atoms with Gasteiger partial charge in [0.25, 0.3) is 5.69 Å². The average Bonchev–Trinajstić information content (AvgIpc) is 3.05. The molecule has 4 rings (SSSR count). The smallest absolute Gasteiger partial charge is 0.283 e. The number of carbonyl (C=O) groups is 1. The molecule has 2 heterocycles. The Morgan fingerprint density at radius 1 is 1.10 bits per heavy atom. The minimum Gasteiger partial charge on any atom is -0.366 e. The molecule has 0 radical (unpaired) electrons. The molecule has 2 aromatic carbocycles. The number of benzene rings is 2. The fourth-order valence-corrected chi connectivity index (χ4v) is 4.20. The van der Waals surface area contributed by atoms with Gasteiger partial charge in [0.15, 0.2) is 0 Å². The maximum atomic E-state index is 11.7. The minimum atomic E-state index is -0.509. The van der Waals surface area contributed by atoms with Crippen molar-refractivity contribution in [2.75, 3.05) is 0 Å². The van der Waals surface area contributed by atoms with Crippen molar-refractivity contribution in [1.82, 2.24) is 9.55 Å². The molecule has 0 aliphatic rings. The first kappa shape index (κ1) is 18.7. The molecule has 7 nitrogen and oxygen atoms in total. The van der Waals surface area contributed by atoms with Gasteiger partial charge in [-0.15, -0.1) is 0 Å². The Morgan fingerprint density at radius 3 is 2.62 bits per heavy atom. The number of aromatic nitrogens is 2. The number of para-hydroxylation sites is 1. The Kier molecular flexibility index (Phi) is 5.01. The highest BCUT2D eigenvalue weighted by Crippen LogP contribution is 2.39. The van der Waals surface area contributed by atoms with Crippen LogP contribution in [-0.2, 0) is 6.54 Å². The third-order valence-electron chi connectivity index (χ3n) is 4.47. The second-order valence-corrected chi connectivity index (χ2v) is 7.45. The van der Waals surface area contributed by atoms with Crippen molar-refractivity contribution in [2.45, 2.75) is 16.3 Å². The number of rotatable bonds is 6. The van der Waals surface area contributed by atoms with Crippen molar-refractivity contribution in [2.24, 2.45) is 5.73 Å². The van der Waals surface area contributed by atoms with E-state index in [4.69, 9.17) is 5.73 Å². The first-order valence-corrected chi connectivity index (χ1v) is 9.58. The number of hydrogen-bond donors (Lipinski definition) is 1. The van der Waals surface area contributed by atoms with Crippen molar-refractivity contribution >= 4 is 34.3 Å². The highest BCUT2D eigenvalue weighted by molar-refractivity contribution is 7.99. The third kappa shape index (κ3) is 3.83. The fourth-order valence-electron chi connectivity index (χ4n) is 3.10. The summed E-state index contributed by atoms with van der Waals surface area (Å²) in [6, 6.07) is 17.5. The molecule has 2 aromatic heterocycles. The van der Waals surface area contributed by atoms with Crippen LogP contribution in [0.3, 0.4) is 0 Å². The van der Waals surface area contributed by atoms with E-state index in [1.54, 1.807) is 36.5 Å². The molecule has 0 bridgehead atoms. The average molecular weight is 404 g/mol. The van der Waals surface area contributed by atoms with Crippen LogP contribution < -0.4 is 5.73 Å². The van der Waals surface area contributed by atoms with Crippen molar-refractivity contribution in [3.05, 3.63) is 94.4 Å². The van der Waals surface area contributed by atoms with Crippen LogP contribution in [0.4, 0.5) is 5.69 Å². The van der Waals surface area contributed by atoms with E-state index < -0.39 is 5.91 Å². The summed E-state index contributed by atoms with van der Waals surface area (Å²) in [5.41, 5.74) is 7.58. The Hall–Kier alpha value is -3.65. The third-order valence-corrected chi connectivity index (χ3v) is 5.58. The second-order valence-electron chi connectivity index (χ2n) is 6.37. The summed E-state index contributed by atoms with van der Waals surface area (Å²) in [4.78, 5) is 28.4. The number of hydrogen-bond acceptors (Lipinski definition) is 5. The summed E-state index contributed by atoms with van der Waals surface area (Å²) in [5, 5.41) is 12.3. The van der Waals surface area contributed by atoms with E-state index in [0.717, 1.165) is 21.5 Å². The van der Waals surface area contributed by atoms with Crippen molar-refractivity contribution in [3.63, 3.8) is 0 Å². The van der Waals surface area contributed by atoms with Crippen LogP contribution in [0.1, 0.15) is 16.1 Å². The number of carbonyl (C=O) groups excluding carboxylic acids is 1. The first-order chi connectivity index (χ1) is 14.0. The number of pyridine rings is 1. The van der Waals surface area contributed by atoms with Crippen molar-refractivity contribution in [1.29, 1.82) is 0 Å². The van der Waals surface area contributed by atoms with Gasteiger partial charge in [-0.3, -0.25) is 19.9 Å². The maximum absolute atomic E-state index is 11.7. The molecule has 1 amide bonds. The van der Waals surface area contributed by atoms with E-state index in [1.807, 2.05) is 35.0 Å². The summed E-state index contributed by atoms with van der Waals surface area (Å²) < 4.78 is 1.97. The number of nitrogens with zero attached hydrogens (tertiary/aromatic N) is 3. The van der Waals surface area contributed by atoms with E-state index in [9.17, 15) is 14.9 Å². The zero-order chi connectivity index (χ0) is 20.4. The van der Waals surface area contributed by atoms with E-state index in [-0.39, 0.29) is 10.6 Å². The van der Waals surface area contributed by atoms with E-state index >= 15 is 0 Å². The number of amides is 1. The Labute approximate surface area is 170 Å². The number of fused-ring (bicyclic) bond motifs is 1. The molecular weight excluding hydrogens is 388 g/mol. The summed E-state index contributed by atoms with van der Waals surface area (Å²) >= 11 is 1.32. The van der Waals surface area contributed by atoms with E-state index in [1.165, 1.54) is 17.8 Å². The van der Waals surface area contributed by atoms with Crippen LogP contribution in [0.5, 0.6) is 0 Å². The van der Waals surface area contributed by atoms with Gasteiger partial charge in [-0.1, -0.05) is 36.0 Å². The normalized spacial score (nSPS) is 10.9. The van der Waals surface area contributed by atoms with Crippen molar-refractivity contribution < 1.29 is 9.72 Å². The number of nitrogens with two attached hydrogens (primary N) is 1. The lowest BCUT2D eigenvalue weighted by Crippen LogP contribution is -2.10. The number of nitro benzene ring substituents is 1. The van der Waals surface area contributed by atoms with Gasteiger partial charge >= 0.3 is 0 Å². The highest BCUT2D eigenvalue weighted by Gasteiger charge is 2.18. The Balaban J connectivity index is 1.82. The molecular formula is C21H16N4O3S. The van der Waals surface area contributed by atoms with E-state index in [0.29, 0.717) is 17.0 Å². The topological polar surface area (TPSA) is 104 Å². The minimum absolute atomic E-state index is 0.0527. The van der Waals surface area contributed by atoms with Gasteiger partial charge in [0, 0.05) is 34.3 Å². The predicted octanol–water partition coefficient (Wildman–Crippen LogP) is 4.24. The van der Waals surface area contributed by atoms with Crippen LogP contribution in [0.15, 0.2) is 82.8 Å².